The molecule has 5 heteroatoms. The standard InChI is InChI=1S/C16H24N2O3/c1-4-21-14-8-6-5-7-13(14)16(20)18-11-15(19)17-10-9-12(2)3/h5-8,12H,4,9-11H2,1-3H3,(H,17,19)(H,18,20). The molecule has 0 fully saturated rings. The second-order valence-corrected chi connectivity index (χ2v) is 5.14. The summed E-state index contributed by atoms with van der Waals surface area (Å²) in [6.07, 6.45) is 0.923. The highest BCUT2D eigenvalue weighted by Gasteiger charge is 2.12. The molecule has 21 heavy (non-hydrogen) atoms. The Labute approximate surface area is 126 Å². The van der Waals surface area contributed by atoms with E-state index in [-0.39, 0.29) is 18.4 Å². The Morgan fingerprint density at radius 2 is 1.90 bits per heavy atom. The summed E-state index contributed by atoms with van der Waals surface area (Å²) in [7, 11) is 0. The van der Waals surface area contributed by atoms with Crippen LogP contribution in [0.5, 0.6) is 5.75 Å². The van der Waals surface area contributed by atoms with Crippen LogP contribution in [0.3, 0.4) is 0 Å². The van der Waals surface area contributed by atoms with Crippen molar-refractivity contribution >= 4 is 11.8 Å². The zero-order valence-electron chi connectivity index (χ0n) is 12.9. The highest BCUT2D eigenvalue weighted by Crippen LogP contribution is 2.17. The molecular formula is C16H24N2O3. The van der Waals surface area contributed by atoms with Crippen LogP contribution >= 0.6 is 0 Å². The molecule has 0 aliphatic heterocycles. The third-order valence-electron chi connectivity index (χ3n) is 2.88. The fourth-order valence-electron chi connectivity index (χ4n) is 1.75. The van der Waals surface area contributed by atoms with Crippen LogP contribution in [0.25, 0.3) is 0 Å². The fourth-order valence-corrected chi connectivity index (χ4v) is 1.75. The zero-order chi connectivity index (χ0) is 15.7. The lowest BCUT2D eigenvalue weighted by molar-refractivity contribution is -0.120. The minimum absolute atomic E-state index is 0.0304. The molecule has 0 heterocycles. The molecule has 1 aromatic rings. The summed E-state index contributed by atoms with van der Waals surface area (Å²) < 4.78 is 5.39. The van der Waals surface area contributed by atoms with Crippen LogP contribution in [0.15, 0.2) is 24.3 Å². The van der Waals surface area contributed by atoms with E-state index >= 15 is 0 Å². The Bertz CT molecular complexity index is 472. The van der Waals surface area contributed by atoms with Gasteiger partial charge < -0.3 is 15.4 Å². The molecule has 0 aliphatic rings. The van der Waals surface area contributed by atoms with Crippen molar-refractivity contribution in [1.29, 1.82) is 0 Å². The van der Waals surface area contributed by atoms with Gasteiger partial charge in [-0.25, -0.2) is 0 Å². The summed E-state index contributed by atoms with van der Waals surface area (Å²) in [6, 6.07) is 6.98. The van der Waals surface area contributed by atoms with Crippen molar-refractivity contribution in [2.45, 2.75) is 27.2 Å². The topological polar surface area (TPSA) is 67.4 Å². The lowest BCUT2D eigenvalue weighted by atomic mass is 10.1. The molecule has 0 aliphatic carbocycles. The number of nitrogens with one attached hydrogen (secondary N) is 2. The van der Waals surface area contributed by atoms with Crippen LogP contribution in [0.2, 0.25) is 0 Å². The number of carbonyl (C=O) groups excluding carboxylic acids is 2. The number of hydrogen-bond donors (Lipinski definition) is 2. The van der Waals surface area contributed by atoms with E-state index in [0.717, 1.165) is 6.42 Å². The van der Waals surface area contributed by atoms with Crippen molar-refractivity contribution in [3.8, 4) is 5.75 Å². The van der Waals surface area contributed by atoms with Gasteiger partial charge in [-0.3, -0.25) is 9.59 Å². The smallest absolute Gasteiger partial charge is 0.255 e. The maximum Gasteiger partial charge on any atom is 0.255 e. The Balaban J connectivity index is 2.45. The summed E-state index contributed by atoms with van der Waals surface area (Å²) in [5.74, 6) is 0.576. The number of amides is 2. The van der Waals surface area contributed by atoms with E-state index in [2.05, 4.69) is 24.5 Å². The Kier molecular flexibility index (Phi) is 7.29. The van der Waals surface area contributed by atoms with E-state index in [1.54, 1.807) is 24.3 Å². The van der Waals surface area contributed by atoms with Crippen molar-refractivity contribution < 1.29 is 14.3 Å². The lowest BCUT2D eigenvalue weighted by Crippen LogP contribution is -2.37. The summed E-state index contributed by atoms with van der Waals surface area (Å²) in [6.45, 7) is 7.13. The Hall–Kier alpha value is -2.04. The minimum atomic E-state index is -0.307. The number of rotatable bonds is 8. The predicted molar refractivity (Wildman–Crippen MR) is 82.4 cm³/mol. The van der Waals surface area contributed by atoms with E-state index in [4.69, 9.17) is 4.74 Å². The average molecular weight is 292 g/mol. The van der Waals surface area contributed by atoms with Crippen LogP contribution < -0.4 is 15.4 Å². The lowest BCUT2D eigenvalue weighted by Gasteiger charge is -2.11. The molecule has 0 saturated heterocycles. The van der Waals surface area contributed by atoms with Gasteiger partial charge in [0.15, 0.2) is 0 Å². The van der Waals surface area contributed by atoms with Gasteiger partial charge in [0.05, 0.1) is 18.7 Å². The minimum Gasteiger partial charge on any atom is -0.493 e. The molecule has 2 amide bonds. The van der Waals surface area contributed by atoms with Crippen LogP contribution in [-0.2, 0) is 4.79 Å². The molecule has 0 unspecified atom stereocenters. The third-order valence-corrected chi connectivity index (χ3v) is 2.88. The Morgan fingerprint density at radius 1 is 1.19 bits per heavy atom. The number of ether oxygens (including phenoxy) is 1. The molecule has 0 radical (unpaired) electrons. The molecule has 1 rings (SSSR count). The average Bonchev–Trinajstić information content (AvgIpc) is 2.45. The van der Waals surface area contributed by atoms with Gasteiger partial charge in [-0.15, -0.1) is 0 Å². The quantitative estimate of drug-likeness (QED) is 0.770. The van der Waals surface area contributed by atoms with Crippen molar-refractivity contribution in [1.82, 2.24) is 10.6 Å². The number of para-hydroxylation sites is 1. The van der Waals surface area contributed by atoms with Gasteiger partial charge in [0.25, 0.3) is 5.91 Å². The van der Waals surface area contributed by atoms with Gasteiger partial charge in [0, 0.05) is 6.54 Å². The van der Waals surface area contributed by atoms with Gasteiger partial charge in [0.1, 0.15) is 5.75 Å². The van der Waals surface area contributed by atoms with Gasteiger partial charge in [0.2, 0.25) is 5.91 Å². The van der Waals surface area contributed by atoms with Crippen molar-refractivity contribution in [3.05, 3.63) is 29.8 Å². The summed E-state index contributed by atoms with van der Waals surface area (Å²) in [5.41, 5.74) is 0.439. The molecule has 2 N–H and O–H groups in total. The van der Waals surface area contributed by atoms with Gasteiger partial charge in [-0.1, -0.05) is 26.0 Å². The van der Waals surface area contributed by atoms with Crippen molar-refractivity contribution in [3.63, 3.8) is 0 Å². The van der Waals surface area contributed by atoms with Crippen LogP contribution in [0, 0.1) is 5.92 Å². The maximum absolute atomic E-state index is 12.1. The summed E-state index contributed by atoms with van der Waals surface area (Å²) in [4.78, 5) is 23.7. The molecule has 0 atom stereocenters. The number of hydrogen-bond acceptors (Lipinski definition) is 3. The van der Waals surface area contributed by atoms with Crippen LogP contribution in [0.1, 0.15) is 37.6 Å². The van der Waals surface area contributed by atoms with E-state index in [9.17, 15) is 9.59 Å². The van der Waals surface area contributed by atoms with E-state index in [0.29, 0.717) is 30.4 Å². The first kappa shape index (κ1) is 17.0. The summed E-state index contributed by atoms with van der Waals surface area (Å²) >= 11 is 0. The molecule has 116 valence electrons. The van der Waals surface area contributed by atoms with E-state index in [1.165, 1.54) is 0 Å². The predicted octanol–water partition coefficient (Wildman–Crippen LogP) is 1.98. The van der Waals surface area contributed by atoms with E-state index in [1.807, 2.05) is 6.92 Å². The monoisotopic (exact) mass is 292 g/mol. The molecule has 0 spiro atoms. The fraction of sp³-hybridized carbons (Fsp3) is 0.500. The molecular weight excluding hydrogens is 268 g/mol. The van der Waals surface area contributed by atoms with Gasteiger partial charge >= 0.3 is 0 Å². The van der Waals surface area contributed by atoms with Crippen molar-refractivity contribution in [2.24, 2.45) is 5.92 Å². The first-order valence-electron chi connectivity index (χ1n) is 7.31. The first-order chi connectivity index (χ1) is 10.0. The molecule has 0 bridgehead atoms. The van der Waals surface area contributed by atoms with Crippen LogP contribution in [0.4, 0.5) is 0 Å². The van der Waals surface area contributed by atoms with Gasteiger partial charge in [-0.05, 0) is 31.4 Å². The molecule has 0 saturated carbocycles. The second kappa shape index (κ2) is 9.00. The summed E-state index contributed by atoms with van der Waals surface area (Å²) in [5, 5.41) is 5.38. The van der Waals surface area contributed by atoms with E-state index < -0.39 is 0 Å². The molecule has 0 aromatic heterocycles. The van der Waals surface area contributed by atoms with Gasteiger partial charge in [-0.2, -0.15) is 0 Å². The SMILES string of the molecule is CCOc1ccccc1C(=O)NCC(=O)NCCC(C)C. The van der Waals surface area contributed by atoms with Crippen LogP contribution in [-0.4, -0.2) is 31.5 Å². The third kappa shape index (κ3) is 6.29. The number of carbonyl (C=O) groups is 2. The molecule has 1 aromatic carbocycles. The second-order valence-electron chi connectivity index (χ2n) is 5.14. The maximum atomic E-state index is 12.1. The highest BCUT2D eigenvalue weighted by atomic mass is 16.5. The highest BCUT2D eigenvalue weighted by molar-refractivity contribution is 5.98. The normalized spacial score (nSPS) is 10.3. The number of benzene rings is 1. The first-order valence-corrected chi connectivity index (χ1v) is 7.31. The molecule has 5 nitrogen and oxygen atoms in total. The Morgan fingerprint density at radius 3 is 2.57 bits per heavy atom. The zero-order valence-corrected chi connectivity index (χ0v) is 12.9. The van der Waals surface area contributed by atoms with Crippen molar-refractivity contribution in [2.75, 3.05) is 19.7 Å². The largest absolute Gasteiger partial charge is 0.493 e.